The van der Waals surface area contributed by atoms with Gasteiger partial charge >= 0.3 is 5.97 Å². The van der Waals surface area contributed by atoms with Crippen molar-refractivity contribution in [1.82, 2.24) is 5.32 Å². The first-order chi connectivity index (χ1) is 15.1. The largest absolute Gasteiger partial charge is 0.507 e. The zero-order valence-electron chi connectivity index (χ0n) is 18.3. The molecule has 166 valence electrons. The van der Waals surface area contributed by atoms with Crippen molar-refractivity contribution >= 4 is 27.8 Å². The number of phenolic OH excluding ortho intramolecular Hbond substituents is 1. The molecule has 0 saturated carbocycles. The minimum absolute atomic E-state index is 0.0484. The van der Waals surface area contributed by atoms with Crippen LogP contribution in [0.2, 0.25) is 0 Å². The number of rotatable bonds is 6. The van der Waals surface area contributed by atoms with E-state index in [0.29, 0.717) is 18.5 Å². The van der Waals surface area contributed by atoms with Crippen LogP contribution in [0.5, 0.6) is 5.75 Å². The molecular formula is C26H26BrNO4. The molecule has 3 rings (SSSR count). The molecule has 0 fully saturated rings. The Hall–Kier alpha value is -3.12. The van der Waals surface area contributed by atoms with Gasteiger partial charge in [0.1, 0.15) is 11.4 Å². The van der Waals surface area contributed by atoms with Gasteiger partial charge in [-0.2, -0.15) is 0 Å². The Morgan fingerprint density at radius 2 is 1.53 bits per heavy atom. The lowest BCUT2D eigenvalue weighted by atomic mass is 10.0. The molecule has 0 unspecified atom stereocenters. The lowest BCUT2D eigenvalue weighted by molar-refractivity contribution is 0.00694. The molecule has 3 aromatic rings. The fourth-order valence-corrected chi connectivity index (χ4v) is 3.47. The Morgan fingerprint density at radius 1 is 0.938 bits per heavy atom. The topological polar surface area (TPSA) is 75.6 Å². The monoisotopic (exact) mass is 495 g/mol. The molecule has 0 heterocycles. The van der Waals surface area contributed by atoms with Gasteiger partial charge in [0.25, 0.3) is 5.91 Å². The van der Waals surface area contributed by atoms with Crippen molar-refractivity contribution < 1.29 is 19.4 Å². The minimum Gasteiger partial charge on any atom is -0.507 e. The highest BCUT2D eigenvalue weighted by Crippen LogP contribution is 2.23. The van der Waals surface area contributed by atoms with E-state index in [-0.39, 0.29) is 23.2 Å². The van der Waals surface area contributed by atoms with Gasteiger partial charge in [-0.05, 0) is 74.2 Å². The summed E-state index contributed by atoms with van der Waals surface area (Å²) in [7, 11) is 0. The second-order valence-electron chi connectivity index (χ2n) is 8.44. The van der Waals surface area contributed by atoms with E-state index in [2.05, 4.69) is 21.2 Å². The van der Waals surface area contributed by atoms with Crippen LogP contribution in [0.15, 0.2) is 71.2 Å². The van der Waals surface area contributed by atoms with E-state index in [0.717, 1.165) is 21.2 Å². The number of halogens is 1. The van der Waals surface area contributed by atoms with Crippen molar-refractivity contribution in [2.75, 3.05) is 6.54 Å². The van der Waals surface area contributed by atoms with Gasteiger partial charge in [0.2, 0.25) is 0 Å². The average molecular weight is 496 g/mol. The molecule has 0 aliphatic rings. The van der Waals surface area contributed by atoms with Crippen LogP contribution in [0.4, 0.5) is 0 Å². The molecule has 2 N–H and O–H groups in total. The lowest BCUT2D eigenvalue weighted by Crippen LogP contribution is -2.25. The Balaban J connectivity index is 1.56. The van der Waals surface area contributed by atoms with Gasteiger partial charge in [-0.1, -0.05) is 52.3 Å². The fourth-order valence-electron chi connectivity index (χ4n) is 3.11. The number of esters is 1. The number of phenols is 1. The zero-order chi connectivity index (χ0) is 23.3. The summed E-state index contributed by atoms with van der Waals surface area (Å²) in [4.78, 5) is 24.4. The first-order valence-corrected chi connectivity index (χ1v) is 11.1. The second kappa shape index (κ2) is 10.0. The first kappa shape index (κ1) is 23.5. The molecule has 0 saturated heterocycles. The first-order valence-electron chi connectivity index (χ1n) is 10.3. The van der Waals surface area contributed by atoms with Gasteiger partial charge in [0, 0.05) is 11.0 Å². The van der Waals surface area contributed by atoms with Gasteiger partial charge in [0.15, 0.2) is 0 Å². The highest BCUT2D eigenvalue weighted by atomic mass is 79.9. The molecule has 6 heteroatoms. The van der Waals surface area contributed by atoms with Gasteiger partial charge in [-0.3, -0.25) is 4.79 Å². The number of nitrogens with one attached hydrogen (secondary N) is 1. The fraction of sp³-hybridized carbons (Fsp3) is 0.231. The average Bonchev–Trinajstić information content (AvgIpc) is 2.75. The van der Waals surface area contributed by atoms with E-state index in [9.17, 15) is 14.7 Å². The van der Waals surface area contributed by atoms with Crippen LogP contribution in [0, 0.1) is 0 Å². The van der Waals surface area contributed by atoms with Gasteiger partial charge in [0.05, 0.1) is 11.1 Å². The summed E-state index contributed by atoms with van der Waals surface area (Å²) in [5.74, 6) is -0.698. The summed E-state index contributed by atoms with van der Waals surface area (Å²) in [6, 6.07) is 20.1. The van der Waals surface area contributed by atoms with E-state index >= 15 is 0 Å². The third-order valence-corrected chi connectivity index (χ3v) is 5.20. The molecule has 0 atom stereocenters. The smallest absolute Gasteiger partial charge is 0.338 e. The number of ether oxygens (including phenoxy) is 1. The van der Waals surface area contributed by atoms with Gasteiger partial charge in [-0.25, -0.2) is 4.79 Å². The van der Waals surface area contributed by atoms with Crippen molar-refractivity contribution in [3.8, 4) is 16.9 Å². The van der Waals surface area contributed by atoms with Gasteiger partial charge in [-0.15, -0.1) is 0 Å². The highest BCUT2D eigenvalue weighted by Gasteiger charge is 2.17. The predicted octanol–water partition coefficient (Wildman–Crippen LogP) is 5.75. The Bertz CT molecular complexity index is 1100. The van der Waals surface area contributed by atoms with E-state index in [1.54, 1.807) is 24.3 Å². The molecule has 1 amide bonds. The lowest BCUT2D eigenvalue weighted by Gasteiger charge is -2.19. The quantitative estimate of drug-likeness (QED) is 0.426. The van der Waals surface area contributed by atoms with Crippen molar-refractivity contribution in [1.29, 1.82) is 0 Å². The van der Waals surface area contributed by atoms with Crippen molar-refractivity contribution in [2.45, 2.75) is 32.8 Å². The molecule has 32 heavy (non-hydrogen) atoms. The number of carbonyl (C=O) groups is 2. The summed E-state index contributed by atoms with van der Waals surface area (Å²) < 4.78 is 6.13. The Kier molecular flexibility index (Phi) is 7.36. The number of aromatic hydroxyl groups is 1. The highest BCUT2D eigenvalue weighted by molar-refractivity contribution is 9.10. The van der Waals surface area contributed by atoms with Crippen LogP contribution in [0.3, 0.4) is 0 Å². The maximum atomic E-state index is 12.3. The van der Waals surface area contributed by atoms with Crippen LogP contribution < -0.4 is 5.32 Å². The van der Waals surface area contributed by atoms with Crippen molar-refractivity contribution in [2.24, 2.45) is 0 Å². The molecule has 5 nitrogen and oxygen atoms in total. The number of amides is 1. The maximum absolute atomic E-state index is 12.3. The maximum Gasteiger partial charge on any atom is 0.338 e. The predicted molar refractivity (Wildman–Crippen MR) is 129 cm³/mol. The van der Waals surface area contributed by atoms with E-state index in [4.69, 9.17) is 4.74 Å². The summed E-state index contributed by atoms with van der Waals surface area (Å²) in [5.41, 5.74) is 3.36. The normalized spacial score (nSPS) is 11.1. The van der Waals surface area contributed by atoms with Crippen LogP contribution >= 0.6 is 15.9 Å². The van der Waals surface area contributed by atoms with Crippen molar-refractivity contribution in [3.63, 3.8) is 0 Å². The molecule has 0 aromatic heterocycles. The van der Waals surface area contributed by atoms with Crippen LogP contribution in [-0.2, 0) is 11.2 Å². The molecule has 0 radical (unpaired) electrons. The Labute approximate surface area is 196 Å². The van der Waals surface area contributed by atoms with E-state index in [1.165, 1.54) is 6.07 Å². The number of benzene rings is 3. The minimum atomic E-state index is -0.524. The summed E-state index contributed by atoms with van der Waals surface area (Å²) >= 11 is 3.30. The SMILES string of the molecule is CC(C)(C)OC(=O)c1ccc(-c2ccc(CCNC(=O)c3cc(Br)ccc3O)cc2)cc1. The van der Waals surface area contributed by atoms with Crippen LogP contribution in [-0.4, -0.2) is 29.1 Å². The third-order valence-electron chi connectivity index (χ3n) is 4.71. The van der Waals surface area contributed by atoms with E-state index in [1.807, 2.05) is 57.2 Å². The second-order valence-corrected chi connectivity index (χ2v) is 9.36. The molecule has 0 bridgehead atoms. The van der Waals surface area contributed by atoms with Crippen LogP contribution in [0.25, 0.3) is 11.1 Å². The number of hydrogen-bond donors (Lipinski definition) is 2. The molecule has 0 spiro atoms. The Morgan fingerprint density at radius 3 is 2.12 bits per heavy atom. The van der Waals surface area contributed by atoms with Gasteiger partial charge < -0.3 is 15.2 Å². The standard InChI is InChI=1S/C26H26BrNO4/c1-26(2,3)32-25(31)20-10-8-19(9-11-20)18-6-4-17(5-7-18)14-15-28-24(30)22-16-21(27)12-13-23(22)29/h4-13,16,29H,14-15H2,1-3H3,(H,28,30). The third kappa shape index (κ3) is 6.44. The molecule has 3 aromatic carbocycles. The summed E-state index contributed by atoms with van der Waals surface area (Å²) in [6.07, 6.45) is 0.665. The number of hydrogen-bond acceptors (Lipinski definition) is 4. The zero-order valence-corrected chi connectivity index (χ0v) is 19.9. The van der Waals surface area contributed by atoms with Crippen LogP contribution in [0.1, 0.15) is 47.1 Å². The summed E-state index contributed by atoms with van der Waals surface area (Å²) in [5, 5.41) is 12.7. The molecule has 0 aliphatic carbocycles. The van der Waals surface area contributed by atoms with E-state index < -0.39 is 5.60 Å². The number of carbonyl (C=O) groups excluding carboxylic acids is 2. The molecular weight excluding hydrogens is 470 g/mol. The van der Waals surface area contributed by atoms with Crippen molar-refractivity contribution in [3.05, 3.63) is 87.9 Å². The summed E-state index contributed by atoms with van der Waals surface area (Å²) in [6.45, 7) is 5.99. The molecule has 0 aliphatic heterocycles.